The number of oxime groups is 1. The maximum Gasteiger partial charge on any atom is 0.350 e. The lowest BCUT2D eigenvalue weighted by molar-refractivity contribution is -0.161. The molecule has 3 aliphatic rings. The molecule has 5 rings (SSSR count). The Hall–Kier alpha value is -4.27. The number of aromatic hydroxyl groups is 2. The second-order valence-electron chi connectivity index (χ2n) is 11.0. The van der Waals surface area contributed by atoms with Gasteiger partial charge in [0.1, 0.15) is 17.1 Å². The van der Waals surface area contributed by atoms with Gasteiger partial charge in [-0.15, -0.1) is 34.9 Å². The van der Waals surface area contributed by atoms with E-state index in [4.69, 9.17) is 22.2 Å². The number of carboxylic acids is 2. The van der Waals surface area contributed by atoms with Gasteiger partial charge in [0, 0.05) is 23.7 Å². The largest absolute Gasteiger partial charge is 0.504 e. The standard InChI is InChI=1S/C26H25ClN6O11S3/c1-25(2,22(40)41)44-31-14(11-7-45-24(28)29-11)18(37)30-15-19(38)33-8-26(23(42)43,47-21(15)33)46-9-5-32(6-9)20(39)16(35)10-3-4-12(34)17(36)13(10)27/h3-4,7,9,15,21,34,36H,5-6,8H2,1-2H3,(H2,28,29)(H,30,37)(H,40,41)(H,42,43)/b31-14-/t15?,21-,26-/m1/s1. The number of rotatable bonds is 11. The van der Waals surface area contributed by atoms with Crippen molar-refractivity contribution in [1.82, 2.24) is 20.1 Å². The first-order valence-electron chi connectivity index (χ1n) is 13.4. The number of phenols is 2. The van der Waals surface area contributed by atoms with Gasteiger partial charge in [-0.25, -0.2) is 14.6 Å². The molecule has 3 fully saturated rings. The zero-order valence-electron chi connectivity index (χ0n) is 24.2. The summed E-state index contributed by atoms with van der Waals surface area (Å²) < 4.78 is -1.56. The van der Waals surface area contributed by atoms with Crippen molar-refractivity contribution in [2.45, 2.75) is 40.2 Å². The number of anilines is 1. The Kier molecular flexibility index (Phi) is 8.99. The van der Waals surface area contributed by atoms with Crippen LogP contribution in [0.5, 0.6) is 11.5 Å². The van der Waals surface area contributed by atoms with Gasteiger partial charge in [0.25, 0.3) is 17.6 Å². The predicted molar refractivity (Wildman–Crippen MR) is 168 cm³/mol. The van der Waals surface area contributed by atoms with Gasteiger partial charge in [0.05, 0.1) is 17.1 Å². The van der Waals surface area contributed by atoms with E-state index in [2.05, 4.69) is 15.5 Å². The average molecular weight is 729 g/mol. The van der Waals surface area contributed by atoms with Crippen molar-refractivity contribution < 1.29 is 54.0 Å². The third-order valence-corrected chi connectivity index (χ3v) is 11.7. The average Bonchev–Trinajstić information content (AvgIpc) is 3.58. The molecule has 2 aromatic rings. The number of aliphatic carboxylic acids is 2. The maximum atomic E-state index is 13.3. The number of halogens is 1. The van der Waals surface area contributed by atoms with E-state index in [1.54, 1.807) is 0 Å². The van der Waals surface area contributed by atoms with Crippen LogP contribution in [0.2, 0.25) is 5.02 Å². The first kappa shape index (κ1) is 34.1. The molecule has 4 heterocycles. The van der Waals surface area contributed by atoms with Crippen LogP contribution in [0.15, 0.2) is 22.7 Å². The van der Waals surface area contributed by atoms with Gasteiger partial charge in [0.2, 0.25) is 11.5 Å². The van der Waals surface area contributed by atoms with E-state index in [0.29, 0.717) is 0 Å². The molecule has 17 nitrogen and oxygen atoms in total. The van der Waals surface area contributed by atoms with Crippen molar-refractivity contribution in [1.29, 1.82) is 0 Å². The Morgan fingerprint density at radius 2 is 1.89 bits per heavy atom. The number of Topliss-reactive ketones (excluding diaryl/α,β-unsaturated/α-hetero) is 1. The van der Waals surface area contributed by atoms with E-state index < -0.39 is 84.0 Å². The van der Waals surface area contributed by atoms with Gasteiger partial charge in [-0.1, -0.05) is 16.8 Å². The molecule has 0 spiro atoms. The van der Waals surface area contributed by atoms with E-state index in [1.807, 2.05) is 0 Å². The highest BCUT2D eigenvalue weighted by Gasteiger charge is 2.64. The number of thiazole rings is 1. The number of carbonyl (C=O) groups excluding carboxylic acids is 4. The van der Waals surface area contributed by atoms with Gasteiger partial charge >= 0.3 is 11.9 Å². The van der Waals surface area contributed by atoms with Crippen molar-refractivity contribution in [3.05, 3.63) is 33.8 Å². The van der Waals surface area contributed by atoms with E-state index in [0.717, 1.165) is 47.0 Å². The zero-order valence-corrected chi connectivity index (χ0v) is 27.4. The summed E-state index contributed by atoms with van der Waals surface area (Å²) in [6.45, 7) is 2.23. The molecule has 47 heavy (non-hydrogen) atoms. The van der Waals surface area contributed by atoms with Gasteiger partial charge in [-0.3, -0.25) is 19.2 Å². The Bertz CT molecular complexity index is 1750. The van der Waals surface area contributed by atoms with Crippen LogP contribution >= 0.6 is 46.5 Å². The number of likely N-dealkylation sites (tertiary alicyclic amines) is 1. The number of aromatic nitrogens is 1. The minimum Gasteiger partial charge on any atom is -0.504 e. The highest BCUT2D eigenvalue weighted by molar-refractivity contribution is 8.20. The summed E-state index contributed by atoms with van der Waals surface area (Å²) in [6.07, 6.45) is 0. The number of ketones is 1. The van der Waals surface area contributed by atoms with Crippen LogP contribution in [0.4, 0.5) is 5.13 Å². The Morgan fingerprint density at radius 1 is 1.21 bits per heavy atom. The first-order valence-corrected chi connectivity index (χ1v) is 16.4. The molecule has 1 aromatic carbocycles. The Labute approximate surface area is 282 Å². The van der Waals surface area contributed by atoms with Gasteiger partial charge in [-0.2, -0.15) is 0 Å². The number of nitrogens with one attached hydrogen (secondary N) is 1. The number of thioether (sulfide) groups is 2. The van der Waals surface area contributed by atoms with Crippen molar-refractivity contribution >= 4 is 92.7 Å². The van der Waals surface area contributed by atoms with Crippen LogP contribution in [0.1, 0.15) is 29.9 Å². The fourth-order valence-corrected chi connectivity index (χ4v) is 9.00. The molecule has 1 unspecified atom stereocenters. The van der Waals surface area contributed by atoms with Gasteiger partial charge in [-0.05, 0) is 26.0 Å². The molecule has 21 heteroatoms. The van der Waals surface area contributed by atoms with E-state index in [9.17, 15) is 49.2 Å². The minimum atomic E-state index is -1.81. The van der Waals surface area contributed by atoms with Crippen LogP contribution in [0.3, 0.4) is 0 Å². The number of nitrogens with two attached hydrogens (primary N) is 1. The molecule has 0 bridgehead atoms. The fourth-order valence-electron chi connectivity index (χ4n) is 4.59. The van der Waals surface area contributed by atoms with E-state index >= 15 is 0 Å². The van der Waals surface area contributed by atoms with Crippen LogP contribution in [-0.4, -0.2) is 122 Å². The number of carbonyl (C=O) groups is 6. The zero-order chi connectivity index (χ0) is 34.6. The van der Waals surface area contributed by atoms with Gasteiger partial charge < -0.3 is 46.1 Å². The summed E-state index contributed by atoms with van der Waals surface area (Å²) in [5.41, 5.74) is 3.08. The lowest BCUT2D eigenvalue weighted by Crippen LogP contribution is -2.68. The molecule has 0 aliphatic carbocycles. The molecular formula is C26H25ClN6O11S3. The van der Waals surface area contributed by atoms with Crippen molar-refractivity contribution in [3.8, 4) is 11.5 Å². The first-order chi connectivity index (χ1) is 22.0. The summed E-state index contributed by atoms with van der Waals surface area (Å²) in [5.74, 6) is -7.37. The van der Waals surface area contributed by atoms with Crippen LogP contribution < -0.4 is 11.1 Å². The summed E-state index contributed by atoms with van der Waals surface area (Å²) in [4.78, 5) is 87.3. The third-order valence-electron chi connectivity index (χ3n) is 7.33. The number of phenolic OH excluding ortho intramolecular Hbond substituents is 2. The van der Waals surface area contributed by atoms with Crippen molar-refractivity contribution in [2.75, 3.05) is 25.4 Å². The Morgan fingerprint density at radius 3 is 2.49 bits per heavy atom. The smallest absolute Gasteiger partial charge is 0.350 e. The second kappa shape index (κ2) is 12.4. The normalized spacial score (nSPS) is 22.6. The van der Waals surface area contributed by atoms with Crippen LogP contribution in [-0.2, 0) is 28.8 Å². The summed E-state index contributed by atoms with van der Waals surface area (Å²) in [7, 11) is 0. The van der Waals surface area contributed by atoms with E-state index in [-0.39, 0.29) is 36.0 Å². The molecule has 250 valence electrons. The lowest BCUT2D eigenvalue weighted by Gasteiger charge is -2.41. The van der Waals surface area contributed by atoms with Gasteiger partial charge in [0.15, 0.2) is 26.4 Å². The molecular weight excluding hydrogens is 704 g/mol. The minimum absolute atomic E-state index is 0.00851. The number of amides is 3. The molecule has 1 aromatic heterocycles. The quantitative estimate of drug-likeness (QED) is 0.0456. The van der Waals surface area contributed by atoms with Crippen molar-refractivity contribution in [3.63, 3.8) is 0 Å². The molecule has 3 atom stereocenters. The lowest BCUT2D eigenvalue weighted by atomic mass is 10.1. The van der Waals surface area contributed by atoms with Crippen molar-refractivity contribution in [2.24, 2.45) is 5.16 Å². The number of benzene rings is 1. The molecule has 3 aliphatic heterocycles. The molecule has 3 saturated heterocycles. The summed E-state index contributed by atoms with van der Waals surface area (Å²) in [6, 6.07) is 0.952. The summed E-state index contributed by atoms with van der Waals surface area (Å²) in [5, 5.41) is 44.8. The second-order valence-corrected chi connectivity index (χ2v) is 15.5. The van der Waals surface area contributed by atoms with Crippen LogP contribution in [0, 0.1) is 0 Å². The number of carboxylic acid groups (broad SMARTS) is 2. The molecule has 0 radical (unpaired) electrons. The maximum absolute atomic E-state index is 13.3. The molecule has 7 N–H and O–H groups in total. The number of nitrogens with zero attached hydrogens (tertiary/aromatic N) is 4. The number of hydrogen-bond acceptors (Lipinski definition) is 15. The monoisotopic (exact) mass is 728 g/mol. The molecule has 0 saturated carbocycles. The SMILES string of the molecule is CC(C)(O/N=C(\C(=O)NC1C(=O)N2C[C@](SC3CN(C(=O)C(=O)c4ccc(O)c(O)c4Cl)C3)(C(=O)O)S[C@H]12)c1csc(N)n1)C(=O)O. The molecule has 3 amide bonds. The number of nitrogen functional groups attached to an aromatic ring is 1. The third kappa shape index (κ3) is 6.24. The van der Waals surface area contributed by atoms with E-state index in [1.165, 1.54) is 29.0 Å². The fraction of sp³-hybridized carbons (Fsp3) is 0.385. The highest BCUT2D eigenvalue weighted by Crippen LogP contribution is 2.54. The number of β-lactam (4-membered cyclic amide) rings is 1. The summed E-state index contributed by atoms with van der Waals surface area (Å²) >= 11 is 8.83. The topological polar surface area (TPSA) is 262 Å². The Balaban J connectivity index is 1.24. The van der Waals surface area contributed by atoms with Crippen LogP contribution in [0.25, 0.3) is 0 Å². The number of hydrogen-bond donors (Lipinski definition) is 6. The predicted octanol–water partition coefficient (Wildman–Crippen LogP) is 0.382. The highest BCUT2D eigenvalue weighted by atomic mass is 35.5. The number of fused-ring (bicyclic) bond motifs is 1.